The number of carbonyl (C=O) groups is 3. The fourth-order valence-corrected chi connectivity index (χ4v) is 4.08. The third-order valence-electron chi connectivity index (χ3n) is 4.14. The Morgan fingerprint density at radius 2 is 1.47 bits per heavy atom. The van der Waals surface area contributed by atoms with Gasteiger partial charge in [0.15, 0.2) is 5.82 Å². The number of nitrogens with zero attached hydrogens (tertiary/aromatic N) is 4. The summed E-state index contributed by atoms with van der Waals surface area (Å²) < 4.78 is 16.3. The first-order chi connectivity index (χ1) is 17.2. The van der Waals surface area contributed by atoms with E-state index in [9.17, 15) is 24.5 Å². The molecule has 1 rings (SSSR count). The van der Waals surface area contributed by atoms with E-state index in [1.807, 2.05) is 19.0 Å². The van der Waals surface area contributed by atoms with E-state index in [2.05, 4.69) is 20.9 Å². The van der Waals surface area contributed by atoms with Crippen molar-refractivity contribution in [3.63, 3.8) is 0 Å². The molecule has 0 fully saturated rings. The zero-order valence-electron chi connectivity index (χ0n) is 20.5. The summed E-state index contributed by atoms with van der Waals surface area (Å²) in [6.07, 6.45) is -0.629. The molecule has 0 bridgehead atoms. The molecule has 3 amide bonds. The van der Waals surface area contributed by atoms with E-state index in [-0.39, 0.29) is 45.3 Å². The van der Waals surface area contributed by atoms with E-state index in [1.165, 1.54) is 26.2 Å². The number of carbonyl (C=O) groups excluding carboxylic acids is 3. The largest absolute Gasteiger partial charge is 0.449 e. The second-order valence-corrected chi connectivity index (χ2v) is 9.91. The number of ether oxygens (including phenoxy) is 3. The van der Waals surface area contributed by atoms with Crippen molar-refractivity contribution in [1.29, 1.82) is 0 Å². The molecule has 0 saturated heterocycles. The Bertz CT molecular complexity index is 841. The first kappa shape index (κ1) is 31.1. The summed E-state index contributed by atoms with van der Waals surface area (Å²) in [7, 11) is 6.82. The van der Waals surface area contributed by atoms with Gasteiger partial charge in [0.2, 0.25) is 0 Å². The number of alkyl carbamates (subject to hydrolysis) is 3. The molecule has 0 spiro atoms. The van der Waals surface area contributed by atoms with Crippen LogP contribution in [-0.4, -0.2) is 109 Å². The van der Waals surface area contributed by atoms with Crippen molar-refractivity contribution in [1.82, 2.24) is 30.4 Å². The number of imidazole rings is 1. The van der Waals surface area contributed by atoms with Gasteiger partial charge in [0.25, 0.3) is 0 Å². The highest BCUT2D eigenvalue weighted by molar-refractivity contribution is 8.76. The van der Waals surface area contributed by atoms with Gasteiger partial charge in [0.1, 0.15) is 32.6 Å². The minimum Gasteiger partial charge on any atom is -0.449 e. The van der Waals surface area contributed by atoms with Crippen LogP contribution in [0.15, 0.2) is 6.20 Å². The molecule has 36 heavy (non-hydrogen) atoms. The van der Waals surface area contributed by atoms with E-state index in [0.717, 1.165) is 12.7 Å². The van der Waals surface area contributed by atoms with Crippen LogP contribution in [-0.2, 0) is 20.8 Å². The lowest BCUT2D eigenvalue weighted by atomic mass is 10.6. The summed E-state index contributed by atoms with van der Waals surface area (Å²) in [5.74, 6) is 1.43. The van der Waals surface area contributed by atoms with Crippen LogP contribution >= 0.6 is 21.6 Å². The van der Waals surface area contributed by atoms with Gasteiger partial charge in [0, 0.05) is 44.6 Å². The van der Waals surface area contributed by atoms with E-state index in [0.29, 0.717) is 23.9 Å². The van der Waals surface area contributed by atoms with Gasteiger partial charge in [-0.2, -0.15) is 0 Å². The van der Waals surface area contributed by atoms with Gasteiger partial charge in [-0.1, -0.05) is 21.6 Å². The average molecular weight is 552 g/mol. The number of nitrogens with one attached hydrogen (secondary N) is 3. The van der Waals surface area contributed by atoms with Crippen molar-refractivity contribution in [2.75, 3.05) is 71.6 Å². The molecule has 0 saturated carbocycles. The summed E-state index contributed by atoms with van der Waals surface area (Å²) in [5, 5.41) is 18.5. The van der Waals surface area contributed by atoms with Crippen LogP contribution in [0.5, 0.6) is 0 Å². The molecular weight excluding hydrogens is 518 g/mol. The molecule has 1 heterocycles. The molecule has 3 N–H and O–H groups in total. The monoisotopic (exact) mass is 551 g/mol. The molecule has 0 unspecified atom stereocenters. The molecule has 0 aliphatic carbocycles. The Labute approximate surface area is 216 Å². The zero-order chi connectivity index (χ0) is 26.8. The number of rotatable bonds is 17. The molecule has 17 heteroatoms. The standard InChI is InChI=1S/C19H33N7O8S2/c1-15-23-14-16(26(30)31)25(15)8-9-32-17(27)20-4-5-21-18(28)33-10-12-35-36-13-11-34-19(29)22-6-7-24(2)3/h14H,4-13H2,1-3H3,(H,20,27)(H,21,28)(H,22,29). The molecule has 0 radical (unpaired) electrons. The van der Waals surface area contributed by atoms with Crippen molar-refractivity contribution in [2.24, 2.45) is 0 Å². The molecule has 1 aromatic rings. The normalized spacial score (nSPS) is 10.6. The quantitative estimate of drug-likeness (QED) is 0.0830. The second kappa shape index (κ2) is 18.4. The number of likely N-dealkylation sites (N-methyl/N-ethyl adjacent to an activating group) is 1. The van der Waals surface area contributed by atoms with Gasteiger partial charge >= 0.3 is 24.1 Å². The van der Waals surface area contributed by atoms with Crippen molar-refractivity contribution in [2.45, 2.75) is 13.5 Å². The van der Waals surface area contributed by atoms with Crippen LogP contribution in [0.2, 0.25) is 0 Å². The third-order valence-corrected chi connectivity index (χ3v) is 6.48. The van der Waals surface area contributed by atoms with Gasteiger partial charge in [-0.15, -0.1) is 0 Å². The second-order valence-electron chi connectivity index (χ2n) is 7.21. The lowest BCUT2D eigenvalue weighted by Crippen LogP contribution is -2.35. The van der Waals surface area contributed by atoms with Gasteiger partial charge in [-0.3, -0.25) is 0 Å². The van der Waals surface area contributed by atoms with E-state index < -0.39 is 23.2 Å². The summed E-state index contributed by atoms with van der Waals surface area (Å²) in [6.45, 7) is 3.62. The van der Waals surface area contributed by atoms with Crippen molar-refractivity contribution < 1.29 is 33.5 Å². The average Bonchev–Trinajstić information content (AvgIpc) is 3.18. The fourth-order valence-electron chi connectivity index (χ4n) is 2.43. The Morgan fingerprint density at radius 3 is 1.97 bits per heavy atom. The Morgan fingerprint density at radius 1 is 0.972 bits per heavy atom. The zero-order valence-corrected chi connectivity index (χ0v) is 22.2. The Kier molecular flexibility index (Phi) is 15.9. The van der Waals surface area contributed by atoms with E-state index >= 15 is 0 Å². The third kappa shape index (κ3) is 14.5. The van der Waals surface area contributed by atoms with Crippen LogP contribution in [0.3, 0.4) is 0 Å². The highest BCUT2D eigenvalue weighted by Crippen LogP contribution is 2.20. The SMILES string of the molecule is Cc1ncc([N+](=O)[O-])n1CCOC(=O)NCCNC(=O)OCCSSCCOC(=O)NCCN(C)C. The summed E-state index contributed by atoms with van der Waals surface area (Å²) >= 11 is 0. The summed E-state index contributed by atoms with van der Waals surface area (Å²) in [5.41, 5.74) is 0. The maximum atomic E-state index is 11.7. The highest BCUT2D eigenvalue weighted by Gasteiger charge is 2.17. The number of hydrogen-bond donors (Lipinski definition) is 3. The van der Waals surface area contributed by atoms with Gasteiger partial charge in [-0.05, 0) is 19.0 Å². The fraction of sp³-hybridized carbons (Fsp3) is 0.684. The van der Waals surface area contributed by atoms with Crippen molar-refractivity contribution in [3.05, 3.63) is 22.1 Å². The predicted molar refractivity (Wildman–Crippen MR) is 135 cm³/mol. The molecule has 1 aromatic heterocycles. The van der Waals surface area contributed by atoms with Crippen LogP contribution in [0.25, 0.3) is 0 Å². The minimum absolute atomic E-state index is 0.0783. The molecule has 0 atom stereocenters. The van der Waals surface area contributed by atoms with Gasteiger partial charge in [0.05, 0.1) is 0 Å². The van der Waals surface area contributed by atoms with Crippen LogP contribution in [0.4, 0.5) is 20.2 Å². The predicted octanol–water partition coefficient (Wildman–Crippen LogP) is 1.22. The number of aryl methyl sites for hydroxylation is 1. The molecule has 15 nitrogen and oxygen atoms in total. The van der Waals surface area contributed by atoms with E-state index in [1.54, 1.807) is 6.92 Å². The topological polar surface area (TPSA) is 179 Å². The van der Waals surface area contributed by atoms with Crippen LogP contribution in [0, 0.1) is 17.0 Å². The first-order valence-corrected chi connectivity index (χ1v) is 13.5. The number of aromatic nitrogens is 2. The molecule has 0 aromatic carbocycles. The maximum Gasteiger partial charge on any atom is 0.407 e. The maximum absolute atomic E-state index is 11.7. The van der Waals surface area contributed by atoms with E-state index in [4.69, 9.17) is 14.2 Å². The summed E-state index contributed by atoms with van der Waals surface area (Å²) in [6, 6.07) is 0. The van der Waals surface area contributed by atoms with Crippen LogP contribution < -0.4 is 16.0 Å². The minimum atomic E-state index is -0.714. The van der Waals surface area contributed by atoms with Gasteiger partial charge < -0.3 is 45.2 Å². The lowest BCUT2D eigenvalue weighted by molar-refractivity contribution is -0.392. The van der Waals surface area contributed by atoms with Crippen LogP contribution in [0.1, 0.15) is 5.82 Å². The molecule has 0 aliphatic rings. The smallest absolute Gasteiger partial charge is 0.407 e. The number of amides is 3. The van der Waals surface area contributed by atoms with Crippen molar-refractivity contribution >= 4 is 45.7 Å². The van der Waals surface area contributed by atoms with Gasteiger partial charge in [-0.25, -0.2) is 23.9 Å². The van der Waals surface area contributed by atoms with Crippen molar-refractivity contribution in [3.8, 4) is 0 Å². The number of nitro groups is 1. The summed E-state index contributed by atoms with van der Waals surface area (Å²) in [4.78, 5) is 50.9. The molecular formula is C19H33N7O8S2. The number of hydrogen-bond acceptors (Lipinski definition) is 12. The Balaban J connectivity index is 1.95. The highest BCUT2D eigenvalue weighted by atomic mass is 33.1. The molecule has 0 aliphatic heterocycles. The molecule has 204 valence electrons. The Hall–Kier alpha value is -2.92. The first-order valence-electron chi connectivity index (χ1n) is 11.0. The lowest BCUT2D eigenvalue weighted by Gasteiger charge is -2.10.